The van der Waals surface area contributed by atoms with Crippen molar-refractivity contribution < 1.29 is 23.2 Å². The molecule has 0 bridgehead atoms. The Morgan fingerprint density at radius 3 is 2.51 bits per heavy atom. The molecular weight excluding hydrogens is 502 g/mol. The standard InChI is InChI=1S/C30H42F2N4O3/c1-18(2)9-12-28(38)34-24(16-29(39)36-13-7-6-8-26(36)19(3)4)27(37)14-20(5)30-33-17-25(35-30)22-11-10-21(31)15-23(22)32/h10-11,15,17-20,24,26H,6-9,12-14,16H2,1-5H3,(H,33,35)(H,34,38)/t20-,24+,26?/m1/s1. The molecule has 1 aromatic carbocycles. The van der Waals surface area contributed by atoms with Crippen LogP contribution in [0.25, 0.3) is 11.3 Å². The average Bonchev–Trinajstić information content (AvgIpc) is 3.37. The molecule has 1 unspecified atom stereocenters. The molecule has 1 saturated heterocycles. The van der Waals surface area contributed by atoms with Gasteiger partial charge in [0.05, 0.1) is 24.4 Å². The number of rotatable bonds is 12. The molecule has 2 heterocycles. The zero-order valence-corrected chi connectivity index (χ0v) is 23.7. The van der Waals surface area contributed by atoms with Crippen LogP contribution >= 0.6 is 0 Å². The summed E-state index contributed by atoms with van der Waals surface area (Å²) in [5.41, 5.74) is 0.552. The highest BCUT2D eigenvalue weighted by atomic mass is 19.1. The number of carbonyl (C=O) groups is 3. The van der Waals surface area contributed by atoms with Crippen molar-refractivity contribution in [2.24, 2.45) is 11.8 Å². The van der Waals surface area contributed by atoms with Crippen molar-refractivity contribution in [3.05, 3.63) is 41.9 Å². The number of piperidine rings is 1. The quantitative estimate of drug-likeness (QED) is 0.355. The smallest absolute Gasteiger partial charge is 0.225 e. The van der Waals surface area contributed by atoms with Gasteiger partial charge in [0.15, 0.2) is 5.78 Å². The number of hydrogen-bond donors (Lipinski definition) is 2. The maximum Gasteiger partial charge on any atom is 0.225 e. The number of benzene rings is 1. The van der Waals surface area contributed by atoms with Crippen LogP contribution < -0.4 is 5.32 Å². The van der Waals surface area contributed by atoms with Gasteiger partial charge in [0, 0.05) is 43.0 Å². The lowest BCUT2D eigenvalue weighted by Gasteiger charge is -2.39. The van der Waals surface area contributed by atoms with Crippen LogP contribution in [0.1, 0.15) is 91.3 Å². The lowest BCUT2D eigenvalue weighted by atomic mass is 9.91. The minimum atomic E-state index is -0.932. The summed E-state index contributed by atoms with van der Waals surface area (Å²) in [7, 11) is 0. The van der Waals surface area contributed by atoms with E-state index in [2.05, 4.69) is 29.1 Å². The predicted molar refractivity (Wildman–Crippen MR) is 147 cm³/mol. The number of carbonyl (C=O) groups excluding carboxylic acids is 3. The molecule has 0 saturated carbocycles. The van der Waals surface area contributed by atoms with Gasteiger partial charge in [-0.2, -0.15) is 0 Å². The summed E-state index contributed by atoms with van der Waals surface area (Å²) in [6, 6.07) is 2.50. The first-order valence-corrected chi connectivity index (χ1v) is 14.1. The van der Waals surface area contributed by atoms with E-state index in [1.54, 1.807) is 6.92 Å². The van der Waals surface area contributed by atoms with Crippen LogP contribution in [0.5, 0.6) is 0 Å². The first-order chi connectivity index (χ1) is 18.5. The van der Waals surface area contributed by atoms with E-state index in [4.69, 9.17) is 0 Å². The molecule has 1 fully saturated rings. The second-order valence-electron chi connectivity index (χ2n) is 11.5. The van der Waals surface area contributed by atoms with Gasteiger partial charge in [-0.05, 0) is 49.7 Å². The molecule has 3 atom stereocenters. The fourth-order valence-electron chi connectivity index (χ4n) is 5.16. The molecule has 0 radical (unpaired) electrons. The summed E-state index contributed by atoms with van der Waals surface area (Å²) in [5, 5.41) is 2.84. The summed E-state index contributed by atoms with van der Waals surface area (Å²) in [4.78, 5) is 48.8. The molecule has 39 heavy (non-hydrogen) atoms. The van der Waals surface area contributed by atoms with Gasteiger partial charge in [-0.25, -0.2) is 13.8 Å². The summed E-state index contributed by atoms with van der Waals surface area (Å²) in [5.74, 6) is -1.26. The number of nitrogens with one attached hydrogen (secondary N) is 2. The third-order valence-corrected chi connectivity index (χ3v) is 7.48. The van der Waals surface area contributed by atoms with E-state index in [0.717, 1.165) is 25.3 Å². The molecule has 3 rings (SSSR count). The monoisotopic (exact) mass is 544 g/mol. The SMILES string of the molecule is CC(C)CCC(=O)N[C@@H](CC(=O)N1CCCCC1C(C)C)C(=O)C[C@@H](C)c1ncc(-c2ccc(F)cc2F)[nH]1. The van der Waals surface area contributed by atoms with E-state index in [1.165, 1.54) is 18.3 Å². The Labute approximate surface area is 230 Å². The molecule has 1 aromatic heterocycles. The van der Waals surface area contributed by atoms with E-state index >= 15 is 0 Å². The highest BCUT2D eigenvalue weighted by Crippen LogP contribution is 2.27. The van der Waals surface area contributed by atoms with Crippen LogP contribution in [-0.2, 0) is 14.4 Å². The maximum absolute atomic E-state index is 14.2. The third kappa shape index (κ3) is 8.44. The Morgan fingerprint density at radius 2 is 1.85 bits per heavy atom. The number of nitrogens with zero attached hydrogens (tertiary/aromatic N) is 2. The Morgan fingerprint density at radius 1 is 1.10 bits per heavy atom. The van der Waals surface area contributed by atoms with Gasteiger partial charge in [-0.3, -0.25) is 14.4 Å². The van der Waals surface area contributed by atoms with E-state index in [1.807, 2.05) is 18.7 Å². The highest BCUT2D eigenvalue weighted by Gasteiger charge is 2.33. The third-order valence-electron chi connectivity index (χ3n) is 7.48. The van der Waals surface area contributed by atoms with E-state index in [-0.39, 0.29) is 54.4 Å². The lowest BCUT2D eigenvalue weighted by Crippen LogP contribution is -2.50. The Balaban J connectivity index is 1.73. The minimum absolute atomic E-state index is 0.0366. The average molecular weight is 545 g/mol. The van der Waals surface area contributed by atoms with Crippen molar-refractivity contribution in [3.8, 4) is 11.3 Å². The molecule has 0 spiro atoms. The number of ketones is 1. The lowest BCUT2D eigenvalue weighted by molar-refractivity contribution is -0.139. The summed E-state index contributed by atoms with van der Waals surface area (Å²) in [6.07, 6.45) is 5.33. The number of H-pyrrole nitrogens is 1. The number of imidazole rings is 1. The fraction of sp³-hybridized carbons (Fsp3) is 0.600. The van der Waals surface area contributed by atoms with Crippen molar-refractivity contribution in [1.29, 1.82) is 0 Å². The molecule has 2 N–H and O–H groups in total. The number of likely N-dealkylation sites (tertiary alicyclic amines) is 1. The van der Waals surface area contributed by atoms with Crippen LogP contribution in [0.4, 0.5) is 8.78 Å². The van der Waals surface area contributed by atoms with Crippen molar-refractivity contribution in [2.45, 2.75) is 97.6 Å². The molecular formula is C30H42F2N4O3. The van der Waals surface area contributed by atoms with Crippen molar-refractivity contribution in [2.75, 3.05) is 6.54 Å². The van der Waals surface area contributed by atoms with Gasteiger partial charge in [-0.15, -0.1) is 0 Å². The van der Waals surface area contributed by atoms with Crippen LogP contribution in [0.15, 0.2) is 24.4 Å². The van der Waals surface area contributed by atoms with Crippen molar-refractivity contribution in [3.63, 3.8) is 0 Å². The van der Waals surface area contributed by atoms with Gasteiger partial charge in [0.25, 0.3) is 0 Å². The first kappa shape index (κ1) is 30.4. The van der Waals surface area contributed by atoms with Crippen LogP contribution in [0, 0.1) is 23.5 Å². The number of Topliss-reactive ketones (excluding diaryl/α,β-unsaturated/α-hetero) is 1. The molecule has 214 valence electrons. The Kier molecular flexibility index (Phi) is 10.8. The van der Waals surface area contributed by atoms with Crippen LogP contribution in [0.2, 0.25) is 0 Å². The molecule has 1 aliphatic rings. The van der Waals surface area contributed by atoms with Crippen molar-refractivity contribution >= 4 is 17.6 Å². The van der Waals surface area contributed by atoms with Crippen molar-refractivity contribution in [1.82, 2.24) is 20.2 Å². The van der Waals surface area contributed by atoms with Crippen LogP contribution in [-0.4, -0.2) is 51.1 Å². The first-order valence-electron chi connectivity index (χ1n) is 14.1. The number of amides is 2. The summed E-state index contributed by atoms with van der Waals surface area (Å²) >= 11 is 0. The van der Waals surface area contributed by atoms with E-state index < -0.39 is 17.7 Å². The Bertz CT molecular complexity index is 1150. The number of aromatic amines is 1. The second kappa shape index (κ2) is 13.8. The zero-order valence-electron chi connectivity index (χ0n) is 23.7. The Hall–Kier alpha value is -3.10. The molecule has 7 nitrogen and oxygen atoms in total. The zero-order chi connectivity index (χ0) is 28.7. The fourth-order valence-corrected chi connectivity index (χ4v) is 5.16. The highest BCUT2D eigenvalue weighted by molar-refractivity contribution is 5.93. The van der Waals surface area contributed by atoms with Gasteiger partial charge in [0.1, 0.15) is 17.5 Å². The van der Waals surface area contributed by atoms with Gasteiger partial charge in [-0.1, -0.05) is 34.6 Å². The largest absolute Gasteiger partial charge is 0.346 e. The molecule has 9 heteroatoms. The normalized spacial score (nSPS) is 17.4. The molecule has 2 amide bonds. The van der Waals surface area contributed by atoms with Crippen LogP contribution in [0.3, 0.4) is 0 Å². The molecule has 0 aliphatic carbocycles. The molecule has 1 aliphatic heterocycles. The number of aromatic nitrogens is 2. The summed E-state index contributed by atoms with van der Waals surface area (Å²) in [6.45, 7) is 10.7. The molecule has 2 aromatic rings. The summed E-state index contributed by atoms with van der Waals surface area (Å²) < 4.78 is 27.5. The van der Waals surface area contributed by atoms with E-state index in [9.17, 15) is 23.2 Å². The van der Waals surface area contributed by atoms with Gasteiger partial charge < -0.3 is 15.2 Å². The predicted octanol–water partition coefficient (Wildman–Crippen LogP) is 5.77. The topological polar surface area (TPSA) is 95.2 Å². The number of halogens is 2. The van der Waals surface area contributed by atoms with Gasteiger partial charge >= 0.3 is 0 Å². The minimum Gasteiger partial charge on any atom is -0.346 e. The second-order valence-corrected chi connectivity index (χ2v) is 11.5. The van der Waals surface area contributed by atoms with E-state index in [0.29, 0.717) is 36.3 Å². The number of hydrogen-bond acceptors (Lipinski definition) is 4. The maximum atomic E-state index is 14.2. The van der Waals surface area contributed by atoms with Gasteiger partial charge in [0.2, 0.25) is 11.8 Å².